The third-order valence-corrected chi connectivity index (χ3v) is 2.68. The molecule has 0 radical (unpaired) electrons. The fourth-order valence-corrected chi connectivity index (χ4v) is 1.58. The molecule has 1 aromatic rings. The van der Waals surface area contributed by atoms with Gasteiger partial charge in [-0.3, -0.25) is 9.59 Å². The van der Waals surface area contributed by atoms with Crippen LogP contribution in [-0.4, -0.2) is 23.3 Å². The number of likely N-dealkylation sites (N-methyl/N-ethyl adjacent to an activating group) is 1. The lowest BCUT2D eigenvalue weighted by Crippen LogP contribution is -2.40. The van der Waals surface area contributed by atoms with Gasteiger partial charge in [-0.2, -0.15) is 0 Å². The van der Waals surface area contributed by atoms with Crippen LogP contribution < -0.4 is 16.2 Å². The summed E-state index contributed by atoms with van der Waals surface area (Å²) in [7, 11) is 1.71. The molecule has 1 heterocycles. The van der Waals surface area contributed by atoms with Gasteiger partial charge in [0.1, 0.15) is 0 Å². The Balaban J connectivity index is 2.24. The molecule has 1 unspecified atom stereocenters. The molecule has 1 aliphatic heterocycles. The van der Waals surface area contributed by atoms with Crippen LogP contribution in [0.3, 0.4) is 0 Å². The molecule has 0 saturated heterocycles. The summed E-state index contributed by atoms with van der Waals surface area (Å²) in [6.45, 7) is 1.58. The molecule has 5 nitrogen and oxygen atoms in total. The van der Waals surface area contributed by atoms with E-state index in [-0.39, 0.29) is 5.69 Å². The summed E-state index contributed by atoms with van der Waals surface area (Å²) in [5, 5.41) is 12.6. The average molecular weight is 220 g/mol. The van der Waals surface area contributed by atoms with E-state index in [1.54, 1.807) is 37.2 Å². The first-order chi connectivity index (χ1) is 7.52. The molecule has 1 aromatic carbocycles. The second-order valence-corrected chi connectivity index (χ2v) is 3.79. The zero-order chi connectivity index (χ0) is 11.9. The van der Waals surface area contributed by atoms with Gasteiger partial charge in [0, 0.05) is 18.8 Å². The third kappa shape index (κ3) is 1.45. The lowest BCUT2D eigenvalue weighted by Gasteiger charge is -2.28. The molecule has 1 aliphatic rings. The highest BCUT2D eigenvalue weighted by molar-refractivity contribution is 5.59. The summed E-state index contributed by atoms with van der Waals surface area (Å²) in [5.41, 5.74) is 0.189. The maximum atomic E-state index is 11.2. The minimum absolute atomic E-state index is 0.277. The van der Waals surface area contributed by atoms with Crippen molar-refractivity contribution in [3.8, 4) is 0 Å². The van der Waals surface area contributed by atoms with E-state index in [4.69, 9.17) is 0 Å². The summed E-state index contributed by atoms with van der Waals surface area (Å²) >= 11 is 0. The van der Waals surface area contributed by atoms with E-state index >= 15 is 0 Å². The van der Waals surface area contributed by atoms with Gasteiger partial charge in [0.25, 0.3) is 0 Å². The molecule has 2 N–H and O–H groups in total. The molecule has 0 bridgehead atoms. The summed E-state index contributed by atoms with van der Waals surface area (Å²) in [5.74, 6) is 0. The van der Waals surface area contributed by atoms with Crippen molar-refractivity contribution in [2.45, 2.75) is 13.2 Å². The minimum atomic E-state index is -0.825. The van der Waals surface area contributed by atoms with Gasteiger partial charge in [0.05, 0.1) is 11.4 Å². The molecule has 0 aliphatic carbocycles. The molecule has 0 fully saturated rings. The van der Waals surface area contributed by atoms with E-state index in [9.17, 15) is 14.7 Å². The van der Waals surface area contributed by atoms with Crippen LogP contribution in [0, 0.1) is 6.92 Å². The predicted octanol–water partition coefficient (Wildman–Crippen LogP) is -0.336. The second-order valence-electron chi connectivity index (χ2n) is 3.79. The Morgan fingerprint density at radius 1 is 1.38 bits per heavy atom. The minimum Gasteiger partial charge on any atom is -0.368 e. The molecular weight excluding hydrogens is 208 g/mol. The molecule has 0 amide bonds. The molecule has 2 rings (SSSR count). The van der Waals surface area contributed by atoms with Crippen molar-refractivity contribution in [2.24, 2.45) is 0 Å². The Bertz CT molecular complexity index is 550. The van der Waals surface area contributed by atoms with E-state index in [2.05, 4.69) is 5.32 Å². The molecule has 0 aromatic heterocycles. The molecule has 84 valence electrons. The SMILES string of the molecule is Cc1c(NC2=CC=CN(C)C2O)c(=O)c1=O. The molecule has 0 saturated carbocycles. The number of rotatable bonds is 2. The lowest BCUT2D eigenvalue weighted by molar-refractivity contribution is 0.0871. The first kappa shape index (κ1) is 10.6. The zero-order valence-corrected chi connectivity index (χ0v) is 9.02. The number of nitrogens with zero attached hydrogens (tertiary/aromatic N) is 1. The molecule has 1 atom stereocenters. The van der Waals surface area contributed by atoms with Crippen LogP contribution in [0.1, 0.15) is 5.56 Å². The van der Waals surface area contributed by atoms with Crippen molar-refractivity contribution in [3.63, 3.8) is 0 Å². The highest BCUT2D eigenvalue weighted by Crippen LogP contribution is 2.16. The normalized spacial score (nSPS) is 20.1. The Morgan fingerprint density at radius 2 is 2.06 bits per heavy atom. The van der Waals surface area contributed by atoms with Gasteiger partial charge < -0.3 is 15.3 Å². The Hall–Kier alpha value is -1.88. The van der Waals surface area contributed by atoms with Crippen LogP contribution in [0.5, 0.6) is 0 Å². The Labute approximate surface area is 92.0 Å². The Kier molecular flexibility index (Phi) is 2.40. The van der Waals surface area contributed by atoms with Crippen molar-refractivity contribution in [1.29, 1.82) is 0 Å². The molecular formula is C11H12N2O3. The average Bonchev–Trinajstić information content (AvgIpc) is 2.29. The number of aliphatic hydroxyl groups is 1. The van der Waals surface area contributed by atoms with E-state index in [1.165, 1.54) is 0 Å². The van der Waals surface area contributed by atoms with E-state index in [0.29, 0.717) is 11.3 Å². The number of allylic oxidation sites excluding steroid dienone is 2. The van der Waals surface area contributed by atoms with Crippen LogP contribution in [0.2, 0.25) is 0 Å². The lowest BCUT2D eigenvalue weighted by atomic mass is 10.1. The zero-order valence-electron chi connectivity index (χ0n) is 9.02. The van der Waals surface area contributed by atoms with Crippen LogP contribution >= 0.6 is 0 Å². The monoisotopic (exact) mass is 220 g/mol. The highest BCUT2D eigenvalue weighted by atomic mass is 16.3. The van der Waals surface area contributed by atoms with Crippen LogP contribution in [0.4, 0.5) is 5.69 Å². The van der Waals surface area contributed by atoms with Gasteiger partial charge in [-0.05, 0) is 19.1 Å². The van der Waals surface area contributed by atoms with E-state index in [0.717, 1.165) is 0 Å². The van der Waals surface area contributed by atoms with Crippen LogP contribution in [0.15, 0.2) is 33.6 Å². The van der Waals surface area contributed by atoms with Crippen molar-refractivity contribution in [1.82, 2.24) is 4.90 Å². The summed E-state index contributed by atoms with van der Waals surface area (Å²) in [6, 6.07) is 0. The first-order valence-electron chi connectivity index (χ1n) is 4.87. The summed E-state index contributed by atoms with van der Waals surface area (Å²) < 4.78 is 0. The predicted molar refractivity (Wildman–Crippen MR) is 60.7 cm³/mol. The quantitative estimate of drug-likeness (QED) is 0.667. The Morgan fingerprint density at radius 3 is 2.69 bits per heavy atom. The van der Waals surface area contributed by atoms with Crippen LogP contribution in [-0.2, 0) is 0 Å². The van der Waals surface area contributed by atoms with E-state index < -0.39 is 17.1 Å². The highest BCUT2D eigenvalue weighted by Gasteiger charge is 2.22. The standard InChI is InChI=1S/C11H12N2O3/c1-6-8(10(15)9(6)14)12-7-4-3-5-13(2)11(7)16/h3-5,11-12,16H,1-2H3. The van der Waals surface area contributed by atoms with Gasteiger partial charge in [0.15, 0.2) is 6.23 Å². The van der Waals surface area contributed by atoms with Crippen molar-refractivity contribution in [3.05, 3.63) is 50.1 Å². The molecule has 0 spiro atoms. The van der Waals surface area contributed by atoms with Crippen molar-refractivity contribution < 1.29 is 5.11 Å². The van der Waals surface area contributed by atoms with Gasteiger partial charge in [-0.25, -0.2) is 0 Å². The van der Waals surface area contributed by atoms with Gasteiger partial charge >= 0.3 is 0 Å². The fraction of sp³-hybridized carbons (Fsp3) is 0.273. The first-order valence-corrected chi connectivity index (χ1v) is 4.87. The van der Waals surface area contributed by atoms with Crippen molar-refractivity contribution in [2.75, 3.05) is 12.4 Å². The number of nitrogens with one attached hydrogen (secondary N) is 1. The number of hydrogen-bond donors (Lipinski definition) is 2. The molecule has 16 heavy (non-hydrogen) atoms. The number of aliphatic hydroxyl groups excluding tert-OH is 1. The maximum Gasteiger partial charge on any atom is 0.249 e. The largest absolute Gasteiger partial charge is 0.368 e. The fourth-order valence-electron chi connectivity index (χ4n) is 1.58. The van der Waals surface area contributed by atoms with Crippen LogP contribution in [0.25, 0.3) is 0 Å². The number of hydrogen-bond acceptors (Lipinski definition) is 5. The van der Waals surface area contributed by atoms with E-state index in [1.807, 2.05) is 0 Å². The topological polar surface area (TPSA) is 69.6 Å². The number of anilines is 1. The van der Waals surface area contributed by atoms with Crippen molar-refractivity contribution >= 4 is 5.69 Å². The van der Waals surface area contributed by atoms with Gasteiger partial charge in [0.2, 0.25) is 10.9 Å². The summed E-state index contributed by atoms with van der Waals surface area (Å²) in [4.78, 5) is 23.8. The molecule has 5 heteroatoms. The van der Waals surface area contributed by atoms with Gasteiger partial charge in [-0.1, -0.05) is 0 Å². The summed E-state index contributed by atoms with van der Waals surface area (Å²) in [6.07, 6.45) is 4.30. The smallest absolute Gasteiger partial charge is 0.249 e. The maximum absolute atomic E-state index is 11.2. The second kappa shape index (κ2) is 3.61. The van der Waals surface area contributed by atoms with Gasteiger partial charge in [-0.15, -0.1) is 0 Å². The third-order valence-electron chi connectivity index (χ3n) is 2.68.